The van der Waals surface area contributed by atoms with Gasteiger partial charge in [-0.1, -0.05) is 42.2 Å². The normalized spacial score (nSPS) is 12.8. The van der Waals surface area contributed by atoms with Crippen LogP contribution in [0.4, 0.5) is 5.69 Å². The van der Waals surface area contributed by atoms with Crippen molar-refractivity contribution in [1.82, 2.24) is 0 Å². The number of amides is 1. The molecular formula is C27H24N2O3. The lowest BCUT2D eigenvalue weighted by molar-refractivity contribution is -0.117. The molecule has 3 aromatic rings. The smallest absolute Gasteiger partial charge is 0.248 e. The molecule has 3 aromatic carbocycles. The van der Waals surface area contributed by atoms with Crippen LogP contribution in [0.15, 0.2) is 71.7 Å². The van der Waals surface area contributed by atoms with E-state index >= 15 is 0 Å². The second-order valence-corrected chi connectivity index (χ2v) is 7.22. The van der Waals surface area contributed by atoms with Gasteiger partial charge in [0.25, 0.3) is 0 Å². The van der Waals surface area contributed by atoms with Crippen LogP contribution in [0.5, 0.6) is 11.5 Å². The van der Waals surface area contributed by atoms with Gasteiger partial charge in [0.1, 0.15) is 6.54 Å². The molecule has 0 unspecified atom stereocenters. The minimum absolute atomic E-state index is 0.0593. The molecule has 1 aliphatic heterocycles. The van der Waals surface area contributed by atoms with E-state index in [-0.39, 0.29) is 12.5 Å². The van der Waals surface area contributed by atoms with Crippen molar-refractivity contribution in [1.29, 1.82) is 0 Å². The average Bonchev–Trinajstić information content (AvgIpc) is 2.97. The number of benzene rings is 3. The van der Waals surface area contributed by atoms with E-state index in [0.29, 0.717) is 18.0 Å². The molecule has 5 heteroatoms. The zero-order valence-corrected chi connectivity index (χ0v) is 18.4. The van der Waals surface area contributed by atoms with E-state index in [2.05, 4.69) is 16.8 Å². The Bertz CT molecular complexity index is 1240. The minimum atomic E-state index is -0.0593. The van der Waals surface area contributed by atoms with Crippen molar-refractivity contribution in [3.05, 3.63) is 89.0 Å². The van der Waals surface area contributed by atoms with Gasteiger partial charge in [-0.05, 0) is 37.3 Å². The number of hydrogen-bond donors (Lipinski definition) is 0. The maximum absolute atomic E-state index is 12.8. The summed E-state index contributed by atoms with van der Waals surface area (Å²) in [6.07, 6.45) is 0. The fourth-order valence-corrected chi connectivity index (χ4v) is 3.74. The van der Waals surface area contributed by atoms with Crippen molar-refractivity contribution in [2.45, 2.75) is 6.92 Å². The standard InChI is InChI=1S/C27H24N2O3/c1-4-29-23-17-25(32-3)24(31-2)16-22(23)27(28-18-26(29)30)21-12-8-11-20(15-21)14-13-19-9-6-5-7-10-19/h5-12,15-17H,4,18H2,1-3H3. The quantitative estimate of drug-likeness (QED) is 0.587. The number of ether oxygens (including phenoxy) is 2. The second kappa shape index (κ2) is 9.40. The molecule has 1 amide bonds. The molecule has 0 N–H and O–H groups in total. The van der Waals surface area contributed by atoms with E-state index < -0.39 is 0 Å². The Labute approximate surface area is 188 Å². The first-order valence-corrected chi connectivity index (χ1v) is 10.4. The molecule has 0 fully saturated rings. The van der Waals surface area contributed by atoms with Gasteiger partial charge in [-0.3, -0.25) is 9.79 Å². The Morgan fingerprint density at radius 3 is 2.31 bits per heavy atom. The molecule has 32 heavy (non-hydrogen) atoms. The van der Waals surface area contributed by atoms with Crippen LogP contribution in [0.25, 0.3) is 0 Å². The summed E-state index contributed by atoms with van der Waals surface area (Å²) < 4.78 is 11.0. The van der Waals surface area contributed by atoms with E-state index in [1.807, 2.05) is 73.7 Å². The topological polar surface area (TPSA) is 51.1 Å². The summed E-state index contributed by atoms with van der Waals surface area (Å²) in [5, 5.41) is 0. The summed E-state index contributed by atoms with van der Waals surface area (Å²) in [4.78, 5) is 19.2. The van der Waals surface area contributed by atoms with Gasteiger partial charge in [0.05, 0.1) is 25.6 Å². The highest BCUT2D eigenvalue weighted by atomic mass is 16.5. The molecule has 0 bridgehead atoms. The number of likely N-dealkylation sites (N-methyl/N-ethyl adjacent to an activating group) is 1. The van der Waals surface area contributed by atoms with E-state index in [1.54, 1.807) is 19.1 Å². The summed E-state index contributed by atoms with van der Waals surface area (Å²) in [6.45, 7) is 2.55. The number of carbonyl (C=O) groups excluding carboxylic acids is 1. The molecule has 5 nitrogen and oxygen atoms in total. The average molecular weight is 425 g/mol. The van der Waals surface area contributed by atoms with Crippen LogP contribution in [-0.4, -0.2) is 38.9 Å². The number of methoxy groups -OCH3 is 2. The predicted molar refractivity (Wildman–Crippen MR) is 127 cm³/mol. The van der Waals surface area contributed by atoms with E-state index in [0.717, 1.165) is 33.7 Å². The number of benzodiazepines with no additional fused rings is 1. The molecule has 160 valence electrons. The van der Waals surface area contributed by atoms with Crippen molar-refractivity contribution in [3.8, 4) is 23.3 Å². The summed E-state index contributed by atoms with van der Waals surface area (Å²) in [6, 6.07) is 21.5. The first-order valence-electron chi connectivity index (χ1n) is 10.4. The number of anilines is 1. The van der Waals surface area contributed by atoms with Crippen LogP contribution >= 0.6 is 0 Å². The zero-order chi connectivity index (χ0) is 22.5. The summed E-state index contributed by atoms with van der Waals surface area (Å²) in [7, 11) is 3.18. The molecule has 1 aliphatic rings. The highest BCUT2D eigenvalue weighted by Crippen LogP contribution is 2.37. The Hall–Kier alpha value is -4.04. The molecule has 0 aromatic heterocycles. The fourth-order valence-electron chi connectivity index (χ4n) is 3.74. The largest absolute Gasteiger partial charge is 0.493 e. The SMILES string of the molecule is CCN1C(=O)CN=C(c2cccc(C#Cc3ccccc3)c2)c2cc(OC)c(OC)cc21. The highest BCUT2D eigenvalue weighted by Gasteiger charge is 2.26. The second-order valence-electron chi connectivity index (χ2n) is 7.22. The van der Waals surface area contributed by atoms with Gasteiger partial charge in [0.2, 0.25) is 5.91 Å². The molecule has 1 heterocycles. The molecule has 0 saturated carbocycles. The van der Waals surface area contributed by atoms with Crippen molar-refractivity contribution in [2.75, 3.05) is 32.2 Å². The number of carbonyl (C=O) groups is 1. The van der Waals surface area contributed by atoms with Crippen molar-refractivity contribution in [2.24, 2.45) is 4.99 Å². The fraction of sp³-hybridized carbons (Fsp3) is 0.185. The van der Waals surface area contributed by atoms with E-state index in [4.69, 9.17) is 9.47 Å². The van der Waals surface area contributed by atoms with Crippen LogP contribution in [0, 0.1) is 11.8 Å². The lowest BCUT2D eigenvalue weighted by atomic mass is 9.98. The van der Waals surface area contributed by atoms with Crippen LogP contribution in [-0.2, 0) is 4.79 Å². The Morgan fingerprint density at radius 2 is 1.59 bits per heavy atom. The number of nitrogens with zero attached hydrogens (tertiary/aromatic N) is 2. The van der Waals surface area contributed by atoms with Crippen molar-refractivity contribution in [3.63, 3.8) is 0 Å². The maximum atomic E-state index is 12.8. The molecule has 0 saturated heterocycles. The lowest BCUT2D eigenvalue weighted by Crippen LogP contribution is -2.32. The summed E-state index contributed by atoms with van der Waals surface area (Å²) in [5.74, 6) is 7.51. The summed E-state index contributed by atoms with van der Waals surface area (Å²) >= 11 is 0. The lowest BCUT2D eigenvalue weighted by Gasteiger charge is -2.23. The molecule has 0 radical (unpaired) electrons. The van der Waals surface area contributed by atoms with Crippen molar-refractivity contribution >= 4 is 17.3 Å². The van der Waals surface area contributed by atoms with Gasteiger partial charge in [-0.2, -0.15) is 0 Å². The van der Waals surface area contributed by atoms with Gasteiger partial charge in [0.15, 0.2) is 11.5 Å². The number of fused-ring (bicyclic) bond motifs is 1. The first kappa shape index (κ1) is 21.2. The zero-order valence-electron chi connectivity index (χ0n) is 18.4. The molecule has 0 spiro atoms. The van der Waals surface area contributed by atoms with Crippen LogP contribution in [0.3, 0.4) is 0 Å². The highest BCUT2D eigenvalue weighted by molar-refractivity contribution is 6.20. The number of aliphatic imine (C=N–C) groups is 1. The monoisotopic (exact) mass is 424 g/mol. The van der Waals surface area contributed by atoms with Crippen molar-refractivity contribution < 1.29 is 14.3 Å². The van der Waals surface area contributed by atoms with Crippen LogP contribution in [0.1, 0.15) is 29.2 Å². The number of rotatable bonds is 4. The molecule has 0 aliphatic carbocycles. The van der Waals surface area contributed by atoms with Gasteiger partial charge in [-0.25, -0.2) is 0 Å². The van der Waals surface area contributed by atoms with Crippen LogP contribution in [0.2, 0.25) is 0 Å². The molecule has 4 rings (SSSR count). The van der Waals surface area contributed by atoms with Gasteiger partial charge >= 0.3 is 0 Å². The maximum Gasteiger partial charge on any atom is 0.248 e. The van der Waals surface area contributed by atoms with Gasteiger partial charge in [0, 0.05) is 34.9 Å². The molecular weight excluding hydrogens is 400 g/mol. The number of hydrogen-bond acceptors (Lipinski definition) is 4. The predicted octanol–water partition coefficient (Wildman–Crippen LogP) is 4.31. The summed E-state index contributed by atoms with van der Waals surface area (Å²) in [5.41, 5.74) is 5.03. The minimum Gasteiger partial charge on any atom is -0.493 e. The third kappa shape index (κ3) is 4.21. The first-order chi connectivity index (χ1) is 15.6. The van der Waals surface area contributed by atoms with E-state index in [9.17, 15) is 4.79 Å². The molecule has 0 atom stereocenters. The Morgan fingerprint density at radius 1 is 0.906 bits per heavy atom. The van der Waals surface area contributed by atoms with Gasteiger partial charge in [-0.15, -0.1) is 0 Å². The van der Waals surface area contributed by atoms with Crippen LogP contribution < -0.4 is 14.4 Å². The van der Waals surface area contributed by atoms with E-state index in [1.165, 1.54) is 0 Å². The third-order valence-corrected chi connectivity index (χ3v) is 5.30. The van der Waals surface area contributed by atoms with Gasteiger partial charge < -0.3 is 14.4 Å². The Kier molecular flexibility index (Phi) is 6.23. The Balaban J connectivity index is 1.82. The third-order valence-electron chi connectivity index (χ3n) is 5.30.